The lowest BCUT2D eigenvalue weighted by molar-refractivity contribution is -0.131. The van der Waals surface area contributed by atoms with Crippen LogP contribution in [0.2, 0.25) is 10.0 Å². The van der Waals surface area contributed by atoms with Gasteiger partial charge in [0.1, 0.15) is 0 Å². The number of hydrogen-bond acceptors (Lipinski definition) is 4. The smallest absolute Gasteiger partial charge is 0.251 e. The fourth-order valence-electron chi connectivity index (χ4n) is 3.15. The molecule has 1 N–H and O–H groups in total. The van der Waals surface area contributed by atoms with E-state index in [0.717, 1.165) is 5.56 Å². The number of piperazine rings is 1. The number of carbonyl (C=O) groups excluding carboxylic acids is 2. The molecule has 0 bridgehead atoms. The van der Waals surface area contributed by atoms with Crippen molar-refractivity contribution in [2.45, 2.75) is 11.8 Å². The van der Waals surface area contributed by atoms with Gasteiger partial charge in [-0.05, 0) is 36.8 Å². The SMILES string of the molecule is Cc1ccccc1C(=O)NCC(=O)N1CCN(S(=O)(=O)c2ccc(Cl)c(Cl)c2)CC1. The van der Waals surface area contributed by atoms with Gasteiger partial charge in [0, 0.05) is 31.7 Å². The maximum Gasteiger partial charge on any atom is 0.251 e. The number of sulfonamides is 1. The van der Waals surface area contributed by atoms with Gasteiger partial charge < -0.3 is 10.2 Å². The van der Waals surface area contributed by atoms with E-state index in [1.165, 1.54) is 22.5 Å². The molecule has 3 rings (SSSR count). The average Bonchev–Trinajstić information content (AvgIpc) is 2.74. The van der Waals surface area contributed by atoms with Crippen molar-refractivity contribution in [3.63, 3.8) is 0 Å². The van der Waals surface area contributed by atoms with Gasteiger partial charge >= 0.3 is 0 Å². The summed E-state index contributed by atoms with van der Waals surface area (Å²) in [6.07, 6.45) is 0. The minimum Gasteiger partial charge on any atom is -0.343 e. The summed E-state index contributed by atoms with van der Waals surface area (Å²) in [4.78, 5) is 26.3. The third-order valence-corrected chi connectivity index (χ3v) is 7.54. The van der Waals surface area contributed by atoms with Crippen LogP contribution in [-0.4, -0.2) is 62.2 Å². The Morgan fingerprint density at radius 2 is 1.67 bits per heavy atom. The first-order valence-electron chi connectivity index (χ1n) is 9.27. The number of nitrogens with one attached hydrogen (secondary N) is 1. The Labute approximate surface area is 185 Å². The molecule has 2 aromatic rings. The molecule has 1 heterocycles. The lowest BCUT2D eigenvalue weighted by Gasteiger charge is -2.34. The average molecular weight is 470 g/mol. The first-order valence-corrected chi connectivity index (χ1v) is 11.5. The Kier molecular flexibility index (Phi) is 7.02. The van der Waals surface area contributed by atoms with Crippen LogP contribution in [0.5, 0.6) is 0 Å². The number of halogens is 2. The van der Waals surface area contributed by atoms with E-state index in [4.69, 9.17) is 23.2 Å². The molecule has 1 aliphatic heterocycles. The second-order valence-electron chi connectivity index (χ2n) is 6.86. The number of nitrogens with zero attached hydrogens (tertiary/aromatic N) is 2. The van der Waals surface area contributed by atoms with Crippen molar-refractivity contribution in [3.05, 3.63) is 63.6 Å². The van der Waals surface area contributed by atoms with Gasteiger partial charge in [-0.3, -0.25) is 9.59 Å². The molecule has 2 amide bonds. The molecule has 0 aromatic heterocycles. The third kappa shape index (κ3) is 4.95. The molecule has 0 saturated carbocycles. The van der Waals surface area contributed by atoms with Crippen molar-refractivity contribution in [1.29, 1.82) is 0 Å². The molecule has 7 nitrogen and oxygen atoms in total. The summed E-state index contributed by atoms with van der Waals surface area (Å²) in [7, 11) is -3.73. The summed E-state index contributed by atoms with van der Waals surface area (Å²) in [5, 5.41) is 3.07. The molecule has 1 saturated heterocycles. The normalized spacial score (nSPS) is 15.1. The van der Waals surface area contributed by atoms with E-state index in [9.17, 15) is 18.0 Å². The molecule has 0 spiro atoms. The lowest BCUT2D eigenvalue weighted by Crippen LogP contribution is -2.52. The van der Waals surface area contributed by atoms with Crippen molar-refractivity contribution in [2.24, 2.45) is 0 Å². The first-order chi connectivity index (χ1) is 14.2. The van der Waals surface area contributed by atoms with E-state index < -0.39 is 10.0 Å². The van der Waals surface area contributed by atoms with Crippen molar-refractivity contribution in [3.8, 4) is 0 Å². The zero-order valence-electron chi connectivity index (χ0n) is 16.3. The summed E-state index contributed by atoms with van der Waals surface area (Å²) < 4.78 is 26.9. The minimum atomic E-state index is -3.73. The summed E-state index contributed by atoms with van der Waals surface area (Å²) in [6.45, 7) is 2.45. The van der Waals surface area contributed by atoms with E-state index in [1.54, 1.807) is 17.0 Å². The Hall–Kier alpha value is -2.13. The number of carbonyl (C=O) groups is 2. The number of aryl methyl sites for hydroxylation is 1. The molecule has 160 valence electrons. The highest BCUT2D eigenvalue weighted by molar-refractivity contribution is 7.89. The molecule has 0 aliphatic carbocycles. The van der Waals surface area contributed by atoms with E-state index in [1.807, 2.05) is 19.1 Å². The van der Waals surface area contributed by atoms with Crippen LogP contribution < -0.4 is 5.32 Å². The maximum atomic E-state index is 12.8. The standard InChI is InChI=1S/C20H21Cl2N3O4S/c1-14-4-2-3-5-16(14)20(27)23-13-19(26)24-8-10-25(11-9-24)30(28,29)15-6-7-17(21)18(22)12-15/h2-7,12H,8-11,13H2,1H3,(H,23,27). The predicted molar refractivity (Wildman–Crippen MR) is 115 cm³/mol. The second kappa shape index (κ2) is 9.34. The van der Waals surface area contributed by atoms with Gasteiger partial charge in [-0.2, -0.15) is 4.31 Å². The van der Waals surface area contributed by atoms with E-state index in [0.29, 0.717) is 5.56 Å². The highest BCUT2D eigenvalue weighted by atomic mass is 35.5. The monoisotopic (exact) mass is 469 g/mol. The number of hydrogen-bond donors (Lipinski definition) is 1. The maximum absolute atomic E-state index is 12.8. The van der Waals surface area contributed by atoms with Gasteiger partial charge in [0.2, 0.25) is 15.9 Å². The van der Waals surface area contributed by atoms with Gasteiger partial charge in [0.05, 0.1) is 21.5 Å². The summed E-state index contributed by atoms with van der Waals surface area (Å²) >= 11 is 11.8. The van der Waals surface area contributed by atoms with Crippen LogP contribution in [0.15, 0.2) is 47.4 Å². The van der Waals surface area contributed by atoms with Crippen molar-refractivity contribution < 1.29 is 18.0 Å². The van der Waals surface area contributed by atoms with Gasteiger partial charge in [0.25, 0.3) is 5.91 Å². The predicted octanol–water partition coefficient (Wildman–Crippen LogP) is 2.56. The lowest BCUT2D eigenvalue weighted by atomic mass is 10.1. The van der Waals surface area contributed by atoms with Crippen molar-refractivity contribution in [1.82, 2.24) is 14.5 Å². The fraction of sp³-hybridized carbons (Fsp3) is 0.300. The van der Waals surface area contributed by atoms with Crippen LogP contribution in [-0.2, 0) is 14.8 Å². The molecule has 0 atom stereocenters. The third-order valence-electron chi connectivity index (χ3n) is 4.91. The van der Waals surface area contributed by atoms with Crippen molar-refractivity contribution in [2.75, 3.05) is 32.7 Å². The summed E-state index contributed by atoms with van der Waals surface area (Å²) in [5.41, 5.74) is 1.34. The molecule has 2 aromatic carbocycles. The molecule has 1 fully saturated rings. The minimum absolute atomic E-state index is 0.0576. The summed E-state index contributed by atoms with van der Waals surface area (Å²) in [5.74, 6) is -0.578. The highest BCUT2D eigenvalue weighted by Gasteiger charge is 2.30. The largest absolute Gasteiger partial charge is 0.343 e. The first kappa shape index (κ1) is 22.6. The molecule has 10 heteroatoms. The van der Waals surface area contributed by atoms with Crippen LogP contribution in [0.4, 0.5) is 0 Å². The zero-order chi connectivity index (χ0) is 21.9. The number of benzene rings is 2. The van der Waals surface area contributed by atoms with Gasteiger partial charge in [-0.15, -0.1) is 0 Å². The number of rotatable bonds is 5. The van der Waals surface area contributed by atoms with Crippen LogP contribution in [0.25, 0.3) is 0 Å². The summed E-state index contributed by atoms with van der Waals surface area (Å²) in [6, 6.07) is 11.3. The molecule has 0 radical (unpaired) electrons. The molecule has 30 heavy (non-hydrogen) atoms. The van der Waals surface area contributed by atoms with Gasteiger partial charge in [-0.1, -0.05) is 41.4 Å². The van der Waals surface area contributed by atoms with Gasteiger partial charge in [-0.25, -0.2) is 8.42 Å². The highest BCUT2D eigenvalue weighted by Crippen LogP contribution is 2.27. The second-order valence-corrected chi connectivity index (χ2v) is 9.61. The van der Waals surface area contributed by atoms with Crippen LogP contribution in [0.3, 0.4) is 0 Å². The molecular weight excluding hydrogens is 449 g/mol. The van der Waals surface area contributed by atoms with Crippen molar-refractivity contribution >= 4 is 45.0 Å². The Balaban J connectivity index is 1.55. The zero-order valence-corrected chi connectivity index (χ0v) is 18.6. The van der Waals surface area contributed by atoms with Crippen LogP contribution in [0, 0.1) is 6.92 Å². The van der Waals surface area contributed by atoms with Gasteiger partial charge in [0.15, 0.2) is 0 Å². The van der Waals surface area contributed by atoms with E-state index in [-0.39, 0.29) is 59.5 Å². The Bertz CT molecular complexity index is 1070. The quantitative estimate of drug-likeness (QED) is 0.728. The Morgan fingerprint density at radius 1 is 1.00 bits per heavy atom. The molecule has 0 unspecified atom stereocenters. The fourth-order valence-corrected chi connectivity index (χ4v) is 4.97. The van der Waals surface area contributed by atoms with E-state index in [2.05, 4.69) is 5.32 Å². The molecular formula is C20H21Cl2N3O4S. The van der Waals surface area contributed by atoms with Crippen LogP contribution in [0.1, 0.15) is 15.9 Å². The molecule has 1 aliphatic rings. The number of amides is 2. The Morgan fingerprint density at radius 3 is 2.30 bits per heavy atom. The van der Waals surface area contributed by atoms with E-state index >= 15 is 0 Å². The van der Waals surface area contributed by atoms with Crippen LogP contribution >= 0.6 is 23.2 Å². The topological polar surface area (TPSA) is 86.8 Å².